The first-order valence-corrected chi connectivity index (χ1v) is 13.6. The number of ether oxygens (including phenoxy) is 3. The first kappa shape index (κ1) is 34.8. The smallest absolute Gasteiger partial charge is 0.311 e. The molecule has 0 fully saturated rings. The van der Waals surface area contributed by atoms with Gasteiger partial charge in [-0.25, -0.2) is 0 Å². The van der Waals surface area contributed by atoms with Crippen molar-refractivity contribution in [3.63, 3.8) is 0 Å². The summed E-state index contributed by atoms with van der Waals surface area (Å²) < 4.78 is 15.5. The van der Waals surface area contributed by atoms with E-state index in [2.05, 4.69) is 0 Å². The molecule has 0 atom stereocenters. The molecular formula is C29H44N2O9. The second-order valence-electron chi connectivity index (χ2n) is 11.4. The maximum Gasteiger partial charge on any atom is 0.311 e. The molecular weight excluding hydrogens is 520 g/mol. The van der Waals surface area contributed by atoms with Gasteiger partial charge >= 0.3 is 5.97 Å². The standard InChI is InChI=1S/C15H23NO6.C14H21NO3/c1-15(2,3)14(19)22-11-10-21-9-8-20-7-6-16-12(17)4-5-13(16)18;1-14(2,3)11(16)7-5-4-6-10-15-12(17)8-9-13(15)18/h4-5H,6-11H2,1-3H3;8-9H,4-7,10H2,1-3H3. The molecule has 0 saturated carbocycles. The Morgan fingerprint density at radius 2 is 1.05 bits per heavy atom. The van der Waals surface area contributed by atoms with Gasteiger partial charge in [0.15, 0.2) is 0 Å². The van der Waals surface area contributed by atoms with Crippen LogP contribution in [0.2, 0.25) is 0 Å². The molecule has 2 aliphatic rings. The molecule has 0 unspecified atom stereocenters. The number of carbonyl (C=O) groups excluding carboxylic acids is 6. The Bertz CT molecular complexity index is 935. The average molecular weight is 565 g/mol. The molecule has 0 N–H and O–H groups in total. The molecule has 0 spiro atoms. The lowest BCUT2D eigenvalue weighted by Crippen LogP contribution is -2.33. The van der Waals surface area contributed by atoms with Gasteiger partial charge in [-0.1, -0.05) is 27.2 Å². The molecule has 2 rings (SSSR count). The number of Topliss-reactive ketones (excluding diaryl/α,β-unsaturated/α-hetero) is 1. The Balaban J connectivity index is 0.000000408. The fourth-order valence-corrected chi connectivity index (χ4v) is 3.30. The second-order valence-corrected chi connectivity index (χ2v) is 11.4. The minimum atomic E-state index is -0.511. The molecule has 0 radical (unpaired) electrons. The Kier molecular flexibility index (Phi) is 14.6. The van der Waals surface area contributed by atoms with E-state index in [0.717, 1.165) is 24.2 Å². The van der Waals surface area contributed by atoms with E-state index < -0.39 is 5.41 Å². The number of unbranched alkanes of at least 4 members (excludes halogenated alkanes) is 2. The van der Waals surface area contributed by atoms with Gasteiger partial charge in [0.05, 0.1) is 38.4 Å². The molecule has 2 aliphatic heterocycles. The highest BCUT2D eigenvalue weighted by atomic mass is 16.6. The Morgan fingerprint density at radius 3 is 1.52 bits per heavy atom. The molecule has 0 aromatic carbocycles. The van der Waals surface area contributed by atoms with E-state index in [1.807, 2.05) is 20.8 Å². The van der Waals surface area contributed by atoms with E-state index in [0.29, 0.717) is 32.8 Å². The molecule has 0 aromatic rings. The van der Waals surface area contributed by atoms with Crippen LogP contribution < -0.4 is 0 Å². The van der Waals surface area contributed by atoms with Crippen molar-refractivity contribution in [1.29, 1.82) is 0 Å². The number of imide groups is 2. The Morgan fingerprint density at radius 1 is 0.600 bits per heavy atom. The lowest BCUT2D eigenvalue weighted by molar-refractivity contribution is -0.154. The van der Waals surface area contributed by atoms with Crippen LogP contribution in [-0.2, 0) is 43.0 Å². The van der Waals surface area contributed by atoms with E-state index in [1.165, 1.54) is 29.2 Å². The summed E-state index contributed by atoms with van der Waals surface area (Å²) in [6.45, 7) is 13.3. The minimum Gasteiger partial charge on any atom is -0.463 e. The summed E-state index contributed by atoms with van der Waals surface area (Å²) in [5.74, 6) is -1.09. The van der Waals surface area contributed by atoms with Crippen LogP contribution in [0.3, 0.4) is 0 Å². The van der Waals surface area contributed by atoms with Crippen molar-refractivity contribution in [2.24, 2.45) is 10.8 Å². The van der Waals surface area contributed by atoms with Crippen LogP contribution in [0, 0.1) is 10.8 Å². The van der Waals surface area contributed by atoms with E-state index >= 15 is 0 Å². The summed E-state index contributed by atoms with van der Waals surface area (Å²) in [5, 5.41) is 0. The van der Waals surface area contributed by atoms with Crippen LogP contribution in [0.15, 0.2) is 24.3 Å². The van der Waals surface area contributed by atoms with Crippen molar-refractivity contribution in [3.05, 3.63) is 24.3 Å². The highest BCUT2D eigenvalue weighted by Crippen LogP contribution is 2.19. The van der Waals surface area contributed by atoms with Gasteiger partial charge in [-0.15, -0.1) is 0 Å². The summed E-state index contributed by atoms with van der Waals surface area (Å²) in [6, 6.07) is 0. The maximum absolute atomic E-state index is 11.7. The zero-order valence-electron chi connectivity index (χ0n) is 24.7. The summed E-state index contributed by atoms with van der Waals surface area (Å²) in [5.41, 5.74) is -0.785. The maximum atomic E-state index is 11.7. The number of esters is 1. The number of carbonyl (C=O) groups is 6. The van der Waals surface area contributed by atoms with E-state index in [9.17, 15) is 28.8 Å². The molecule has 0 saturated heterocycles. The van der Waals surface area contributed by atoms with Crippen LogP contribution in [0.4, 0.5) is 0 Å². The molecule has 2 heterocycles. The number of ketones is 1. The summed E-state index contributed by atoms with van der Waals surface area (Å²) in [4.78, 5) is 70.5. The van der Waals surface area contributed by atoms with E-state index in [4.69, 9.17) is 14.2 Å². The zero-order valence-corrected chi connectivity index (χ0v) is 24.7. The van der Waals surface area contributed by atoms with E-state index in [-0.39, 0.29) is 60.6 Å². The first-order valence-electron chi connectivity index (χ1n) is 13.6. The van der Waals surface area contributed by atoms with Gasteiger partial charge in [-0.05, 0) is 33.6 Å². The van der Waals surface area contributed by atoms with Crippen molar-refractivity contribution in [1.82, 2.24) is 9.80 Å². The third-order valence-electron chi connectivity index (χ3n) is 5.83. The fraction of sp³-hybridized carbons (Fsp3) is 0.655. The van der Waals surface area contributed by atoms with Gasteiger partial charge in [0.1, 0.15) is 12.4 Å². The van der Waals surface area contributed by atoms with E-state index in [1.54, 1.807) is 20.8 Å². The van der Waals surface area contributed by atoms with Crippen molar-refractivity contribution in [2.45, 2.75) is 67.2 Å². The van der Waals surface area contributed by atoms with Crippen molar-refractivity contribution >= 4 is 35.4 Å². The van der Waals surface area contributed by atoms with Crippen molar-refractivity contribution in [3.8, 4) is 0 Å². The van der Waals surface area contributed by atoms with Crippen LogP contribution in [-0.4, -0.2) is 91.3 Å². The van der Waals surface area contributed by atoms with Gasteiger partial charge < -0.3 is 14.2 Å². The largest absolute Gasteiger partial charge is 0.463 e. The van der Waals surface area contributed by atoms with Crippen LogP contribution in [0.25, 0.3) is 0 Å². The third kappa shape index (κ3) is 13.3. The predicted molar refractivity (Wildman–Crippen MR) is 147 cm³/mol. The fourth-order valence-electron chi connectivity index (χ4n) is 3.30. The monoisotopic (exact) mass is 564 g/mol. The molecule has 4 amide bonds. The zero-order chi connectivity index (χ0) is 30.3. The van der Waals surface area contributed by atoms with Crippen molar-refractivity contribution in [2.75, 3.05) is 46.1 Å². The van der Waals surface area contributed by atoms with Crippen LogP contribution >= 0.6 is 0 Å². The van der Waals surface area contributed by atoms with Gasteiger partial charge in [-0.2, -0.15) is 0 Å². The number of amides is 4. The van der Waals surface area contributed by atoms with Gasteiger partial charge in [0, 0.05) is 42.7 Å². The summed E-state index contributed by atoms with van der Waals surface area (Å²) in [6.07, 6.45) is 8.09. The summed E-state index contributed by atoms with van der Waals surface area (Å²) in [7, 11) is 0. The number of hydrogen-bond donors (Lipinski definition) is 0. The lowest BCUT2D eigenvalue weighted by Gasteiger charge is -2.16. The van der Waals surface area contributed by atoms with Gasteiger partial charge in [0.25, 0.3) is 23.6 Å². The third-order valence-corrected chi connectivity index (χ3v) is 5.83. The average Bonchev–Trinajstić information content (AvgIpc) is 3.36. The van der Waals surface area contributed by atoms with Crippen LogP contribution in [0.1, 0.15) is 67.2 Å². The number of hydrogen-bond acceptors (Lipinski definition) is 9. The topological polar surface area (TPSA) is 137 Å². The van der Waals surface area contributed by atoms with Gasteiger partial charge in [0.2, 0.25) is 0 Å². The Hall–Kier alpha value is -3.18. The number of nitrogens with zero attached hydrogens (tertiary/aromatic N) is 2. The van der Waals surface area contributed by atoms with Crippen molar-refractivity contribution < 1.29 is 43.0 Å². The SMILES string of the molecule is CC(C)(C)C(=O)CCCCCN1C(=O)C=CC1=O.CC(C)(C)C(=O)OCCOCCOCCN1C(=O)C=CC1=O. The molecule has 0 aromatic heterocycles. The number of rotatable bonds is 15. The minimum absolute atomic E-state index is 0.207. The lowest BCUT2D eigenvalue weighted by atomic mass is 9.88. The summed E-state index contributed by atoms with van der Waals surface area (Å²) >= 11 is 0. The second kappa shape index (κ2) is 16.8. The molecule has 0 aliphatic carbocycles. The molecule has 40 heavy (non-hydrogen) atoms. The van der Waals surface area contributed by atoms with Gasteiger partial charge in [-0.3, -0.25) is 38.6 Å². The van der Waals surface area contributed by atoms with Crippen LogP contribution in [0.5, 0.6) is 0 Å². The normalized spacial score (nSPS) is 15.2. The highest BCUT2D eigenvalue weighted by Gasteiger charge is 2.24. The predicted octanol–water partition coefficient (Wildman–Crippen LogP) is 2.62. The molecule has 224 valence electrons. The molecule has 0 bridgehead atoms. The highest BCUT2D eigenvalue weighted by molar-refractivity contribution is 6.13. The Labute approximate surface area is 236 Å². The first-order chi connectivity index (χ1) is 18.6. The molecule has 11 heteroatoms. The molecule has 11 nitrogen and oxygen atoms in total. The quantitative estimate of drug-likeness (QED) is 0.167.